The number of benzene rings is 1. The molecule has 4 heteroatoms. The van der Waals surface area contributed by atoms with Crippen molar-refractivity contribution < 1.29 is 4.79 Å². The highest BCUT2D eigenvalue weighted by Gasteiger charge is 2.32. The summed E-state index contributed by atoms with van der Waals surface area (Å²) in [5.41, 5.74) is 1.97. The summed E-state index contributed by atoms with van der Waals surface area (Å²) in [5.74, 6) is 0. The number of para-hydroxylation sites is 1. The number of fused-ring (bicyclic) bond motifs is 1. The second-order valence-electron chi connectivity index (χ2n) is 6.85. The number of aldehydes is 1. The Bertz CT molecular complexity index is 692. The van der Waals surface area contributed by atoms with Gasteiger partial charge in [-0.1, -0.05) is 51.3 Å². The maximum Gasteiger partial charge on any atom is 0.143 e. The standard InChI is InChI=1S/C21H29N3O/c1-3-23(4-2)24(19-11-6-5-7-12-19)21(16-25)18-14-17-10-8-9-13-20(17)22-15-18/h8-10,13-16,19,21H,3-7,11-12H2,1-2H3. The van der Waals surface area contributed by atoms with Gasteiger partial charge in [0, 0.05) is 30.7 Å². The predicted molar refractivity (Wildman–Crippen MR) is 102 cm³/mol. The number of aromatic nitrogens is 1. The van der Waals surface area contributed by atoms with Crippen molar-refractivity contribution in [3.05, 3.63) is 42.1 Å². The molecule has 1 fully saturated rings. The van der Waals surface area contributed by atoms with Crippen LogP contribution in [0, 0.1) is 0 Å². The summed E-state index contributed by atoms with van der Waals surface area (Å²) in [7, 11) is 0. The third-order valence-corrected chi connectivity index (χ3v) is 5.37. The average Bonchev–Trinajstić information content (AvgIpc) is 2.68. The van der Waals surface area contributed by atoms with Gasteiger partial charge in [0.05, 0.1) is 5.52 Å². The summed E-state index contributed by atoms with van der Waals surface area (Å²) in [6.07, 6.45) is 9.13. The van der Waals surface area contributed by atoms with Crippen LogP contribution in [0.2, 0.25) is 0 Å². The number of carbonyl (C=O) groups is 1. The van der Waals surface area contributed by atoms with Gasteiger partial charge in [-0.3, -0.25) is 4.98 Å². The van der Waals surface area contributed by atoms with Crippen LogP contribution < -0.4 is 0 Å². The summed E-state index contributed by atoms with van der Waals surface area (Å²) in [6.45, 7) is 6.16. The molecule has 0 bridgehead atoms. The van der Waals surface area contributed by atoms with Gasteiger partial charge in [-0.15, -0.1) is 0 Å². The molecule has 0 N–H and O–H groups in total. The first-order valence-electron chi connectivity index (χ1n) is 9.61. The highest BCUT2D eigenvalue weighted by atomic mass is 16.1. The predicted octanol–water partition coefficient (Wildman–Crippen LogP) is 4.37. The van der Waals surface area contributed by atoms with Gasteiger partial charge < -0.3 is 4.79 Å². The molecule has 0 spiro atoms. The number of hydrogen-bond donors (Lipinski definition) is 0. The molecule has 4 nitrogen and oxygen atoms in total. The highest BCUT2D eigenvalue weighted by Crippen LogP contribution is 2.31. The molecule has 134 valence electrons. The van der Waals surface area contributed by atoms with Crippen molar-refractivity contribution in [1.82, 2.24) is 15.0 Å². The molecular weight excluding hydrogens is 310 g/mol. The second-order valence-corrected chi connectivity index (χ2v) is 6.85. The van der Waals surface area contributed by atoms with Gasteiger partial charge in [0.25, 0.3) is 0 Å². The third kappa shape index (κ3) is 3.91. The van der Waals surface area contributed by atoms with Crippen molar-refractivity contribution in [2.45, 2.75) is 58.0 Å². The molecule has 1 saturated carbocycles. The zero-order valence-electron chi connectivity index (χ0n) is 15.4. The minimum atomic E-state index is -0.264. The van der Waals surface area contributed by atoms with Crippen LogP contribution in [0.4, 0.5) is 0 Å². The first-order valence-corrected chi connectivity index (χ1v) is 9.61. The molecule has 2 aromatic rings. The van der Waals surface area contributed by atoms with Gasteiger partial charge in [0.15, 0.2) is 0 Å². The quantitative estimate of drug-likeness (QED) is 0.554. The average molecular weight is 339 g/mol. The first kappa shape index (κ1) is 18.0. The number of nitrogens with zero attached hydrogens (tertiary/aromatic N) is 3. The number of carbonyl (C=O) groups excluding carboxylic acids is 1. The van der Waals surface area contributed by atoms with Crippen molar-refractivity contribution in [2.75, 3.05) is 13.1 Å². The van der Waals surface area contributed by atoms with Crippen molar-refractivity contribution >= 4 is 17.2 Å². The van der Waals surface area contributed by atoms with Crippen LogP contribution in [0.5, 0.6) is 0 Å². The minimum Gasteiger partial charge on any atom is -0.301 e. The van der Waals surface area contributed by atoms with Crippen molar-refractivity contribution in [3.63, 3.8) is 0 Å². The van der Waals surface area contributed by atoms with Gasteiger partial charge >= 0.3 is 0 Å². The zero-order chi connectivity index (χ0) is 17.6. The van der Waals surface area contributed by atoms with Gasteiger partial charge in [-0.25, -0.2) is 10.0 Å². The maximum atomic E-state index is 12.2. The monoisotopic (exact) mass is 339 g/mol. The Balaban J connectivity index is 1.98. The molecule has 3 rings (SSSR count). The van der Waals surface area contributed by atoms with Crippen LogP contribution in [-0.2, 0) is 4.79 Å². The van der Waals surface area contributed by atoms with Crippen LogP contribution in [0.25, 0.3) is 10.9 Å². The Kier molecular flexibility index (Phi) is 6.16. The van der Waals surface area contributed by atoms with Gasteiger partial charge in [0.1, 0.15) is 12.3 Å². The normalized spacial score (nSPS) is 17.3. The van der Waals surface area contributed by atoms with E-state index in [2.05, 4.69) is 41.0 Å². The summed E-state index contributed by atoms with van der Waals surface area (Å²) >= 11 is 0. The lowest BCUT2D eigenvalue weighted by atomic mass is 9.93. The smallest absolute Gasteiger partial charge is 0.143 e. The lowest BCUT2D eigenvalue weighted by Crippen LogP contribution is -2.51. The van der Waals surface area contributed by atoms with E-state index in [1.54, 1.807) is 0 Å². The first-order chi connectivity index (χ1) is 12.3. The number of rotatable bonds is 7. The minimum absolute atomic E-state index is 0.264. The second kappa shape index (κ2) is 8.54. The Morgan fingerprint density at radius 3 is 2.56 bits per heavy atom. The van der Waals surface area contributed by atoms with E-state index in [4.69, 9.17) is 0 Å². The number of pyridine rings is 1. The Morgan fingerprint density at radius 2 is 1.88 bits per heavy atom. The molecular formula is C21H29N3O. The summed E-state index contributed by atoms with van der Waals surface area (Å²) in [5, 5.41) is 5.76. The number of hydrogen-bond acceptors (Lipinski definition) is 4. The molecule has 1 aliphatic carbocycles. The summed E-state index contributed by atoms with van der Waals surface area (Å²) in [4.78, 5) is 16.8. The largest absolute Gasteiger partial charge is 0.301 e. The van der Waals surface area contributed by atoms with Gasteiger partial charge in [0.2, 0.25) is 0 Å². The van der Waals surface area contributed by atoms with Gasteiger partial charge in [-0.2, -0.15) is 0 Å². The van der Waals surface area contributed by atoms with Crippen LogP contribution >= 0.6 is 0 Å². The Labute approximate surface area is 150 Å². The van der Waals surface area contributed by atoms with Crippen LogP contribution in [-0.4, -0.2) is 40.4 Å². The van der Waals surface area contributed by atoms with E-state index in [9.17, 15) is 4.79 Å². The molecule has 1 atom stereocenters. The van der Waals surface area contributed by atoms with Crippen molar-refractivity contribution in [2.24, 2.45) is 0 Å². The molecule has 0 radical (unpaired) electrons. The van der Waals surface area contributed by atoms with E-state index in [0.717, 1.165) is 35.8 Å². The lowest BCUT2D eigenvalue weighted by Gasteiger charge is -2.44. The molecule has 0 amide bonds. The van der Waals surface area contributed by atoms with E-state index < -0.39 is 0 Å². The molecule has 1 aromatic heterocycles. The molecule has 1 heterocycles. The van der Waals surface area contributed by atoms with Crippen molar-refractivity contribution in [1.29, 1.82) is 0 Å². The topological polar surface area (TPSA) is 36.4 Å². The van der Waals surface area contributed by atoms with Crippen LogP contribution in [0.1, 0.15) is 57.6 Å². The number of hydrazine groups is 1. The zero-order valence-corrected chi connectivity index (χ0v) is 15.4. The summed E-state index contributed by atoms with van der Waals surface area (Å²) in [6, 6.07) is 10.4. The molecule has 0 saturated heterocycles. The fraction of sp³-hybridized carbons (Fsp3) is 0.524. The molecule has 1 unspecified atom stereocenters. The maximum absolute atomic E-state index is 12.2. The van der Waals surface area contributed by atoms with E-state index in [1.807, 2.05) is 24.4 Å². The molecule has 1 aliphatic rings. The lowest BCUT2D eigenvalue weighted by molar-refractivity contribution is -0.132. The third-order valence-electron chi connectivity index (χ3n) is 5.37. The van der Waals surface area contributed by atoms with E-state index in [-0.39, 0.29) is 6.04 Å². The highest BCUT2D eigenvalue weighted by molar-refractivity contribution is 5.79. The van der Waals surface area contributed by atoms with Crippen LogP contribution in [0.3, 0.4) is 0 Å². The Hall–Kier alpha value is -1.78. The SMILES string of the molecule is CCN(CC)N(C1CCCCC1)C(C=O)c1cnc2ccccc2c1. The van der Waals surface area contributed by atoms with E-state index >= 15 is 0 Å². The molecule has 0 aliphatic heterocycles. The fourth-order valence-corrected chi connectivity index (χ4v) is 4.07. The van der Waals surface area contributed by atoms with E-state index in [0.29, 0.717) is 6.04 Å². The summed E-state index contributed by atoms with van der Waals surface area (Å²) < 4.78 is 0. The van der Waals surface area contributed by atoms with Gasteiger partial charge in [-0.05, 0) is 30.5 Å². The van der Waals surface area contributed by atoms with E-state index in [1.165, 1.54) is 32.1 Å². The molecule has 1 aromatic carbocycles. The Morgan fingerprint density at radius 1 is 1.16 bits per heavy atom. The fourth-order valence-electron chi connectivity index (χ4n) is 4.07. The van der Waals surface area contributed by atoms with Crippen molar-refractivity contribution in [3.8, 4) is 0 Å². The van der Waals surface area contributed by atoms with Crippen LogP contribution in [0.15, 0.2) is 36.5 Å². The molecule has 25 heavy (non-hydrogen) atoms.